The largest absolute Gasteiger partial charge is 0.331 e. The molecule has 0 spiro atoms. The van der Waals surface area contributed by atoms with Crippen molar-refractivity contribution >= 4 is 0 Å². The van der Waals surface area contributed by atoms with E-state index in [0.717, 1.165) is 14.9 Å². The highest BCUT2D eigenvalue weighted by Crippen LogP contribution is 2.13. The normalized spacial score (nSPS) is 15.4. The van der Waals surface area contributed by atoms with E-state index in [2.05, 4.69) is 49.2 Å². The van der Waals surface area contributed by atoms with Crippen LogP contribution in [0, 0.1) is 5.92 Å². The maximum absolute atomic E-state index is 2.39. The van der Waals surface area contributed by atoms with Gasteiger partial charge in [0.2, 0.25) is 0 Å². The second kappa shape index (κ2) is 5.86. The van der Waals surface area contributed by atoms with Gasteiger partial charge in [0.25, 0.3) is 0 Å². The number of hydrogen-bond donors (Lipinski definition) is 0. The van der Waals surface area contributed by atoms with Crippen molar-refractivity contribution in [3.8, 4) is 0 Å². The molecule has 0 aliphatic carbocycles. The first-order chi connectivity index (χ1) is 6.60. The molecule has 0 heterocycles. The summed E-state index contributed by atoms with van der Waals surface area (Å²) in [5.41, 5.74) is 0. The van der Waals surface area contributed by atoms with E-state index in [9.17, 15) is 0 Å². The van der Waals surface area contributed by atoms with Crippen molar-refractivity contribution < 1.29 is 8.97 Å². The van der Waals surface area contributed by atoms with Crippen molar-refractivity contribution in [1.29, 1.82) is 0 Å². The van der Waals surface area contributed by atoms with Crippen LogP contribution >= 0.6 is 0 Å². The lowest BCUT2D eigenvalue weighted by Gasteiger charge is -2.27. The zero-order valence-corrected chi connectivity index (χ0v) is 12.0. The molecule has 0 aromatic carbocycles. The van der Waals surface area contributed by atoms with E-state index in [-0.39, 0.29) is 0 Å². The van der Waals surface area contributed by atoms with Crippen LogP contribution in [0.5, 0.6) is 0 Å². The summed E-state index contributed by atoms with van der Waals surface area (Å²) in [7, 11) is 13.7. The first kappa shape index (κ1) is 14.9. The van der Waals surface area contributed by atoms with Crippen molar-refractivity contribution in [2.24, 2.45) is 5.92 Å². The van der Waals surface area contributed by atoms with Gasteiger partial charge in [-0.25, -0.2) is 0 Å². The number of nitrogens with zero attached hydrogens (tertiary/aromatic N) is 2. The lowest BCUT2D eigenvalue weighted by Crippen LogP contribution is -2.36. The molecule has 0 aromatic heterocycles. The fourth-order valence-corrected chi connectivity index (χ4v) is 1.67. The Labute approximate surface area is 97.1 Å². The fraction of sp³-hybridized carbons (Fsp3) is 1.00. The molecule has 2 heteroatoms. The van der Waals surface area contributed by atoms with E-state index in [1.807, 2.05) is 0 Å². The molecular formula is C13H32N2+2. The fourth-order valence-electron chi connectivity index (χ4n) is 1.67. The van der Waals surface area contributed by atoms with Gasteiger partial charge in [0.05, 0.1) is 55.4 Å². The molecule has 0 aliphatic rings. The number of quaternary nitrogens is 2. The SMILES string of the molecule is CC(CCC[N+](C)(C)C)CC[N+](C)(C)C. The van der Waals surface area contributed by atoms with E-state index in [1.54, 1.807) is 0 Å². The van der Waals surface area contributed by atoms with Crippen LogP contribution in [0.3, 0.4) is 0 Å². The molecule has 0 aliphatic heterocycles. The summed E-state index contributed by atoms with van der Waals surface area (Å²) in [4.78, 5) is 0. The second-order valence-electron chi connectivity index (χ2n) is 7.06. The van der Waals surface area contributed by atoms with Crippen LogP contribution in [0.15, 0.2) is 0 Å². The van der Waals surface area contributed by atoms with Gasteiger partial charge >= 0.3 is 0 Å². The molecule has 0 aromatic rings. The van der Waals surface area contributed by atoms with Crippen LogP contribution in [0.25, 0.3) is 0 Å². The van der Waals surface area contributed by atoms with Crippen LogP contribution < -0.4 is 0 Å². The number of rotatable bonds is 7. The summed E-state index contributed by atoms with van der Waals surface area (Å²) in [5.74, 6) is 0.883. The van der Waals surface area contributed by atoms with Gasteiger partial charge in [0, 0.05) is 0 Å². The van der Waals surface area contributed by atoms with Crippen molar-refractivity contribution in [1.82, 2.24) is 0 Å². The molecule has 1 unspecified atom stereocenters. The maximum Gasteiger partial charge on any atom is 0.0783 e. The minimum Gasteiger partial charge on any atom is -0.331 e. The van der Waals surface area contributed by atoms with Crippen LogP contribution in [0.4, 0.5) is 0 Å². The van der Waals surface area contributed by atoms with Crippen LogP contribution in [0.1, 0.15) is 26.2 Å². The van der Waals surface area contributed by atoms with E-state index >= 15 is 0 Å². The van der Waals surface area contributed by atoms with Gasteiger partial charge in [-0.1, -0.05) is 6.92 Å². The van der Waals surface area contributed by atoms with Crippen LogP contribution in [-0.2, 0) is 0 Å². The summed E-state index contributed by atoms with van der Waals surface area (Å²) < 4.78 is 2.20. The van der Waals surface area contributed by atoms with Crippen molar-refractivity contribution in [3.63, 3.8) is 0 Å². The van der Waals surface area contributed by atoms with Crippen LogP contribution in [0.2, 0.25) is 0 Å². The maximum atomic E-state index is 2.39. The molecule has 2 nitrogen and oxygen atoms in total. The molecule has 0 radical (unpaired) electrons. The monoisotopic (exact) mass is 216 g/mol. The minimum atomic E-state index is 0.883. The zero-order valence-electron chi connectivity index (χ0n) is 12.0. The third kappa shape index (κ3) is 11.8. The van der Waals surface area contributed by atoms with Gasteiger partial charge in [0.15, 0.2) is 0 Å². The molecule has 1 atom stereocenters. The zero-order chi connectivity index (χ0) is 12.1. The van der Waals surface area contributed by atoms with Gasteiger partial charge in [-0.05, 0) is 25.2 Å². The highest BCUT2D eigenvalue weighted by atomic mass is 15.3. The second-order valence-corrected chi connectivity index (χ2v) is 7.06. The lowest BCUT2D eigenvalue weighted by molar-refractivity contribution is -0.871. The highest BCUT2D eigenvalue weighted by Gasteiger charge is 2.12. The standard InChI is InChI=1S/C13H32N2/c1-13(10-12-15(5,6)7)9-8-11-14(2,3)4/h13H,8-12H2,1-7H3/q+2. The summed E-state index contributed by atoms with van der Waals surface area (Å²) in [6, 6.07) is 0. The molecule has 0 saturated heterocycles. The Balaban J connectivity index is 3.54. The van der Waals surface area contributed by atoms with Gasteiger partial charge in [-0.3, -0.25) is 0 Å². The summed E-state index contributed by atoms with van der Waals surface area (Å²) in [6.07, 6.45) is 4.11. The minimum absolute atomic E-state index is 0.883. The van der Waals surface area contributed by atoms with Gasteiger partial charge in [0.1, 0.15) is 0 Å². The van der Waals surface area contributed by atoms with Gasteiger partial charge < -0.3 is 8.97 Å². The molecule has 92 valence electrons. The number of hydrogen-bond acceptors (Lipinski definition) is 0. The van der Waals surface area contributed by atoms with E-state index in [0.29, 0.717) is 0 Å². The highest BCUT2D eigenvalue weighted by molar-refractivity contribution is 4.52. The van der Waals surface area contributed by atoms with Gasteiger partial charge in [-0.15, -0.1) is 0 Å². The first-order valence-corrected chi connectivity index (χ1v) is 6.21. The van der Waals surface area contributed by atoms with Crippen LogP contribution in [-0.4, -0.2) is 64.3 Å². The lowest BCUT2D eigenvalue weighted by atomic mass is 10.0. The molecule has 15 heavy (non-hydrogen) atoms. The molecule has 0 amide bonds. The van der Waals surface area contributed by atoms with E-state index in [4.69, 9.17) is 0 Å². The Hall–Kier alpha value is -0.0800. The average Bonchev–Trinajstić information content (AvgIpc) is 1.97. The van der Waals surface area contributed by atoms with E-state index < -0.39 is 0 Å². The quantitative estimate of drug-likeness (QED) is 0.572. The third-order valence-electron chi connectivity index (χ3n) is 2.82. The summed E-state index contributed by atoms with van der Waals surface area (Å²) in [5, 5.41) is 0. The Morgan fingerprint density at radius 1 is 0.733 bits per heavy atom. The topological polar surface area (TPSA) is 0 Å². The Bertz CT molecular complexity index is 162. The predicted octanol–water partition coefficient (Wildman–Crippen LogP) is 2.21. The average molecular weight is 216 g/mol. The van der Waals surface area contributed by atoms with Crippen molar-refractivity contribution in [3.05, 3.63) is 0 Å². The van der Waals surface area contributed by atoms with Crippen molar-refractivity contribution in [2.45, 2.75) is 26.2 Å². The first-order valence-electron chi connectivity index (χ1n) is 6.21. The Morgan fingerprint density at radius 2 is 1.20 bits per heavy atom. The Kier molecular flexibility index (Phi) is 5.82. The van der Waals surface area contributed by atoms with Gasteiger partial charge in [-0.2, -0.15) is 0 Å². The summed E-state index contributed by atoms with van der Waals surface area (Å²) >= 11 is 0. The van der Waals surface area contributed by atoms with Crippen molar-refractivity contribution in [2.75, 3.05) is 55.4 Å². The molecule has 0 fully saturated rings. The molecule has 0 bridgehead atoms. The molecule has 0 N–H and O–H groups in total. The Morgan fingerprint density at radius 3 is 1.60 bits per heavy atom. The predicted molar refractivity (Wildman–Crippen MR) is 68.8 cm³/mol. The van der Waals surface area contributed by atoms with E-state index in [1.165, 1.54) is 32.4 Å². The summed E-state index contributed by atoms with van der Waals surface area (Å²) in [6.45, 7) is 4.99. The smallest absolute Gasteiger partial charge is 0.0783 e. The molecular weight excluding hydrogens is 184 g/mol. The molecule has 0 rings (SSSR count). The third-order valence-corrected chi connectivity index (χ3v) is 2.82. The molecule has 0 saturated carbocycles.